The molecule has 26 heavy (non-hydrogen) atoms. The Labute approximate surface area is 163 Å². The van der Waals surface area contributed by atoms with E-state index in [1.807, 2.05) is 24.3 Å². The number of fused-ring (bicyclic) bond motifs is 3. The number of aromatic nitrogens is 2. The molecule has 0 radical (unpaired) electrons. The van der Waals surface area contributed by atoms with Gasteiger partial charge in [0, 0.05) is 27.9 Å². The number of hydrogen-bond acceptors (Lipinski definition) is 4. The lowest BCUT2D eigenvalue weighted by atomic mass is 9.97. The lowest BCUT2D eigenvalue weighted by molar-refractivity contribution is -0.116. The molecule has 1 aliphatic rings. The summed E-state index contributed by atoms with van der Waals surface area (Å²) in [7, 11) is 0. The molecule has 1 aromatic carbocycles. The van der Waals surface area contributed by atoms with Crippen molar-refractivity contribution in [2.75, 3.05) is 5.32 Å². The average Bonchev–Trinajstić information content (AvgIpc) is 2.99. The minimum absolute atomic E-state index is 0.0724. The predicted molar refractivity (Wildman–Crippen MR) is 108 cm³/mol. The van der Waals surface area contributed by atoms with E-state index in [-0.39, 0.29) is 17.9 Å². The first-order chi connectivity index (χ1) is 12.6. The van der Waals surface area contributed by atoms with E-state index in [9.17, 15) is 9.59 Å². The van der Waals surface area contributed by atoms with E-state index in [4.69, 9.17) is 0 Å². The molecule has 0 saturated carbocycles. The topological polar surface area (TPSA) is 74.8 Å². The van der Waals surface area contributed by atoms with E-state index in [2.05, 4.69) is 31.2 Å². The van der Waals surface area contributed by atoms with Gasteiger partial charge < -0.3 is 10.3 Å². The predicted octanol–water partition coefficient (Wildman–Crippen LogP) is 4.20. The quantitative estimate of drug-likeness (QED) is 0.649. The van der Waals surface area contributed by atoms with Crippen molar-refractivity contribution in [1.82, 2.24) is 9.97 Å². The molecule has 2 heterocycles. The normalized spacial score (nSPS) is 13.6. The summed E-state index contributed by atoms with van der Waals surface area (Å²) in [5, 5.41) is 3.61. The third kappa shape index (κ3) is 3.59. The molecule has 1 aliphatic carbocycles. The zero-order chi connectivity index (χ0) is 18.1. The molecule has 0 saturated heterocycles. The molecule has 0 bridgehead atoms. The molecule has 4 rings (SSSR count). The van der Waals surface area contributed by atoms with Crippen LogP contribution in [0, 0.1) is 0 Å². The first-order valence-electron chi connectivity index (χ1n) is 8.69. The van der Waals surface area contributed by atoms with Crippen LogP contribution >= 0.6 is 27.3 Å². The van der Waals surface area contributed by atoms with E-state index in [1.165, 1.54) is 16.9 Å². The summed E-state index contributed by atoms with van der Waals surface area (Å²) in [6, 6.07) is 7.46. The second-order valence-electron chi connectivity index (χ2n) is 6.46. The molecule has 3 aromatic rings. The first-order valence-corrected chi connectivity index (χ1v) is 10.3. The lowest BCUT2D eigenvalue weighted by Gasteiger charge is -2.09. The molecule has 7 heteroatoms. The number of halogens is 1. The second-order valence-corrected chi connectivity index (χ2v) is 8.46. The van der Waals surface area contributed by atoms with Crippen molar-refractivity contribution in [3.05, 3.63) is 55.4 Å². The molecule has 134 valence electrons. The summed E-state index contributed by atoms with van der Waals surface area (Å²) in [5.74, 6) is 0.474. The molecule has 0 atom stereocenters. The number of nitrogens with zero attached hydrogens (tertiary/aromatic N) is 1. The van der Waals surface area contributed by atoms with Crippen molar-refractivity contribution >= 4 is 49.1 Å². The van der Waals surface area contributed by atoms with E-state index >= 15 is 0 Å². The van der Waals surface area contributed by atoms with Crippen molar-refractivity contribution < 1.29 is 4.79 Å². The average molecular weight is 432 g/mol. The monoisotopic (exact) mass is 431 g/mol. The van der Waals surface area contributed by atoms with Gasteiger partial charge in [-0.25, -0.2) is 4.98 Å². The summed E-state index contributed by atoms with van der Waals surface area (Å²) in [5.41, 5.74) is 1.85. The Hall–Kier alpha value is -1.99. The van der Waals surface area contributed by atoms with Gasteiger partial charge in [-0.05, 0) is 49.4 Å². The van der Waals surface area contributed by atoms with Crippen molar-refractivity contribution in [2.45, 2.75) is 38.5 Å². The highest BCUT2D eigenvalue weighted by Gasteiger charge is 2.19. The zero-order valence-electron chi connectivity index (χ0n) is 14.1. The minimum atomic E-state index is -0.101. The van der Waals surface area contributed by atoms with E-state index in [0.717, 1.165) is 39.6 Å². The third-order valence-corrected chi connectivity index (χ3v) is 6.25. The maximum atomic E-state index is 12.5. The van der Waals surface area contributed by atoms with Crippen LogP contribution in [-0.2, 0) is 24.1 Å². The molecule has 2 N–H and O–H groups in total. The molecule has 0 aliphatic heterocycles. The Kier molecular flexibility index (Phi) is 4.91. The first kappa shape index (κ1) is 17.4. The van der Waals surface area contributed by atoms with E-state index in [1.54, 1.807) is 11.3 Å². The Morgan fingerprint density at radius 1 is 1.31 bits per heavy atom. The van der Waals surface area contributed by atoms with Gasteiger partial charge in [-0.2, -0.15) is 0 Å². The number of aryl methyl sites for hydroxylation is 3. The highest BCUT2D eigenvalue weighted by atomic mass is 79.9. The van der Waals surface area contributed by atoms with Crippen LogP contribution in [0.25, 0.3) is 10.2 Å². The Morgan fingerprint density at radius 2 is 2.15 bits per heavy atom. The number of benzene rings is 1. The second kappa shape index (κ2) is 7.32. The number of amides is 1. The highest BCUT2D eigenvalue weighted by Crippen LogP contribution is 2.33. The fraction of sp³-hybridized carbons (Fsp3) is 0.316. The minimum Gasteiger partial charge on any atom is -0.326 e. The largest absolute Gasteiger partial charge is 0.326 e. The highest BCUT2D eigenvalue weighted by molar-refractivity contribution is 9.10. The Morgan fingerprint density at radius 3 is 3.00 bits per heavy atom. The summed E-state index contributed by atoms with van der Waals surface area (Å²) in [4.78, 5) is 34.3. The van der Waals surface area contributed by atoms with Crippen LogP contribution in [-0.4, -0.2) is 15.9 Å². The molecule has 0 unspecified atom stereocenters. The van der Waals surface area contributed by atoms with Gasteiger partial charge >= 0.3 is 0 Å². The van der Waals surface area contributed by atoms with Crippen LogP contribution in [0.3, 0.4) is 0 Å². The van der Waals surface area contributed by atoms with Gasteiger partial charge in [-0.1, -0.05) is 22.0 Å². The number of aromatic amines is 1. The molecule has 0 fully saturated rings. The number of anilines is 1. The maximum Gasteiger partial charge on any atom is 0.259 e. The number of carbonyl (C=O) groups is 1. The summed E-state index contributed by atoms with van der Waals surface area (Å²) in [6.45, 7) is 0. The lowest BCUT2D eigenvalue weighted by Crippen LogP contribution is -2.16. The number of carbonyl (C=O) groups excluding carboxylic acids is 1. The van der Waals surface area contributed by atoms with E-state index < -0.39 is 0 Å². The zero-order valence-corrected chi connectivity index (χ0v) is 16.5. The number of nitrogens with one attached hydrogen (secondary N) is 2. The van der Waals surface area contributed by atoms with Gasteiger partial charge in [0.25, 0.3) is 5.56 Å². The van der Waals surface area contributed by atoms with Gasteiger partial charge in [-0.3, -0.25) is 9.59 Å². The van der Waals surface area contributed by atoms with Crippen LogP contribution in [0.5, 0.6) is 0 Å². The van der Waals surface area contributed by atoms with Crippen LogP contribution < -0.4 is 10.9 Å². The fourth-order valence-electron chi connectivity index (χ4n) is 3.35. The number of thiophene rings is 1. The molecule has 5 nitrogen and oxygen atoms in total. The van der Waals surface area contributed by atoms with Crippen LogP contribution in [0.1, 0.15) is 35.5 Å². The molecule has 2 aromatic heterocycles. The number of H-pyrrole nitrogens is 1. The van der Waals surface area contributed by atoms with Crippen LogP contribution in [0.15, 0.2) is 33.5 Å². The summed E-state index contributed by atoms with van der Waals surface area (Å²) in [6.07, 6.45) is 5.00. The number of rotatable bonds is 4. The fourth-order valence-corrected chi connectivity index (χ4v) is 5.03. The van der Waals surface area contributed by atoms with Gasteiger partial charge in [0.1, 0.15) is 10.7 Å². The van der Waals surface area contributed by atoms with Crippen molar-refractivity contribution in [2.24, 2.45) is 0 Å². The molecular formula is C19H18BrN3O2S. The van der Waals surface area contributed by atoms with Crippen LogP contribution in [0.2, 0.25) is 0 Å². The molecule has 1 amide bonds. The SMILES string of the molecule is O=C(CCc1nc2sc3c(c2c(=O)[nH]1)CCCC3)Nc1cccc(Br)c1. The van der Waals surface area contributed by atoms with Crippen molar-refractivity contribution in [3.8, 4) is 0 Å². The molecule has 0 spiro atoms. The summed E-state index contributed by atoms with van der Waals surface area (Å²) >= 11 is 5.01. The smallest absolute Gasteiger partial charge is 0.259 e. The van der Waals surface area contributed by atoms with Gasteiger partial charge in [0.15, 0.2) is 0 Å². The Balaban J connectivity index is 1.49. The molecular weight excluding hydrogens is 414 g/mol. The van der Waals surface area contributed by atoms with Crippen LogP contribution in [0.4, 0.5) is 5.69 Å². The summed E-state index contributed by atoms with van der Waals surface area (Å²) < 4.78 is 0.911. The van der Waals surface area contributed by atoms with Gasteiger partial charge in [-0.15, -0.1) is 11.3 Å². The van der Waals surface area contributed by atoms with Crippen molar-refractivity contribution in [3.63, 3.8) is 0 Å². The number of hydrogen-bond donors (Lipinski definition) is 2. The standard InChI is InChI=1S/C19H18BrN3O2S/c20-11-4-3-5-12(10-11)21-16(24)9-8-15-22-18(25)17-13-6-1-2-7-14(13)26-19(17)23-15/h3-5,10H,1-2,6-9H2,(H,21,24)(H,22,23,25). The van der Waals surface area contributed by atoms with Gasteiger partial charge in [0.2, 0.25) is 5.91 Å². The van der Waals surface area contributed by atoms with Crippen molar-refractivity contribution in [1.29, 1.82) is 0 Å². The van der Waals surface area contributed by atoms with E-state index in [0.29, 0.717) is 12.2 Å². The Bertz CT molecular complexity index is 1040. The van der Waals surface area contributed by atoms with Gasteiger partial charge in [0.05, 0.1) is 5.39 Å². The maximum absolute atomic E-state index is 12.5. The third-order valence-electron chi connectivity index (χ3n) is 4.57.